The third-order valence-electron chi connectivity index (χ3n) is 5.27. The SMILES string of the molecule is CS(=O)(=O)c1ccc(Cl)cc1CNc1ncc([N+](=O)[O-])c(NC[C@H]2CC[C@H](N)CC2)n1. The zero-order valence-electron chi connectivity index (χ0n) is 17.0. The second-order valence-corrected chi connectivity index (χ2v) is 10.1. The lowest BCUT2D eigenvalue weighted by Crippen LogP contribution is -2.29. The van der Waals surface area contributed by atoms with Gasteiger partial charge < -0.3 is 16.4 Å². The van der Waals surface area contributed by atoms with Crippen LogP contribution in [0.5, 0.6) is 0 Å². The van der Waals surface area contributed by atoms with E-state index >= 15 is 0 Å². The molecule has 2 aromatic rings. The van der Waals surface area contributed by atoms with Crippen molar-refractivity contribution < 1.29 is 13.3 Å². The Morgan fingerprint density at radius 2 is 1.97 bits per heavy atom. The number of nitrogens with one attached hydrogen (secondary N) is 2. The Bertz CT molecular complexity index is 1060. The highest BCUT2D eigenvalue weighted by molar-refractivity contribution is 7.90. The smallest absolute Gasteiger partial charge is 0.329 e. The number of sulfone groups is 1. The van der Waals surface area contributed by atoms with Crippen LogP contribution in [0.2, 0.25) is 5.02 Å². The summed E-state index contributed by atoms with van der Waals surface area (Å²) in [5.74, 6) is 0.625. The summed E-state index contributed by atoms with van der Waals surface area (Å²) < 4.78 is 24.0. The van der Waals surface area contributed by atoms with Crippen molar-refractivity contribution in [3.63, 3.8) is 0 Å². The first-order valence-electron chi connectivity index (χ1n) is 9.86. The molecule has 0 bridgehead atoms. The number of anilines is 2. The summed E-state index contributed by atoms with van der Waals surface area (Å²) in [7, 11) is -3.46. The van der Waals surface area contributed by atoms with Gasteiger partial charge in [0.05, 0.1) is 9.82 Å². The summed E-state index contributed by atoms with van der Waals surface area (Å²) in [6.45, 7) is 0.636. The van der Waals surface area contributed by atoms with Crippen LogP contribution in [0.1, 0.15) is 31.2 Å². The molecule has 0 saturated heterocycles. The predicted molar refractivity (Wildman–Crippen MR) is 119 cm³/mol. The zero-order valence-corrected chi connectivity index (χ0v) is 18.6. The fourth-order valence-electron chi connectivity index (χ4n) is 3.58. The molecule has 0 amide bonds. The molecule has 3 rings (SSSR count). The second kappa shape index (κ2) is 9.75. The van der Waals surface area contributed by atoms with Crippen molar-refractivity contribution in [2.24, 2.45) is 11.7 Å². The summed E-state index contributed by atoms with van der Waals surface area (Å²) >= 11 is 6.01. The molecule has 31 heavy (non-hydrogen) atoms. The van der Waals surface area contributed by atoms with Crippen molar-refractivity contribution in [3.05, 3.63) is 45.1 Å². The molecule has 0 unspecified atom stereocenters. The molecule has 4 N–H and O–H groups in total. The van der Waals surface area contributed by atoms with E-state index in [1.54, 1.807) is 6.07 Å². The fraction of sp³-hybridized carbons (Fsp3) is 0.474. The topological polar surface area (TPSA) is 153 Å². The number of halogens is 1. The van der Waals surface area contributed by atoms with Crippen molar-refractivity contribution in [2.45, 2.75) is 43.2 Å². The molecule has 1 saturated carbocycles. The maximum atomic E-state index is 12.0. The minimum atomic E-state index is -3.46. The quantitative estimate of drug-likeness (QED) is 0.391. The Morgan fingerprint density at radius 1 is 1.26 bits per heavy atom. The van der Waals surface area contributed by atoms with Gasteiger partial charge in [0.2, 0.25) is 11.8 Å². The van der Waals surface area contributed by atoms with Crippen LogP contribution >= 0.6 is 11.6 Å². The van der Waals surface area contributed by atoms with E-state index in [2.05, 4.69) is 20.6 Å². The van der Waals surface area contributed by atoms with Crippen LogP contribution in [-0.2, 0) is 16.4 Å². The van der Waals surface area contributed by atoms with Crippen LogP contribution in [-0.4, -0.2) is 42.2 Å². The molecule has 0 spiro atoms. The average molecular weight is 469 g/mol. The average Bonchev–Trinajstić information content (AvgIpc) is 2.71. The molecular formula is C19H25ClN6O4S. The highest BCUT2D eigenvalue weighted by atomic mass is 35.5. The minimum Gasteiger partial charge on any atom is -0.364 e. The van der Waals surface area contributed by atoms with Gasteiger partial charge in [-0.05, 0) is 55.4 Å². The van der Waals surface area contributed by atoms with Gasteiger partial charge >= 0.3 is 5.69 Å². The van der Waals surface area contributed by atoms with E-state index in [-0.39, 0.29) is 34.9 Å². The summed E-state index contributed by atoms with van der Waals surface area (Å²) in [5.41, 5.74) is 6.16. The van der Waals surface area contributed by atoms with Crippen molar-refractivity contribution in [2.75, 3.05) is 23.4 Å². The van der Waals surface area contributed by atoms with Crippen LogP contribution in [0, 0.1) is 16.0 Å². The van der Waals surface area contributed by atoms with Crippen molar-refractivity contribution in [3.8, 4) is 0 Å². The third kappa shape index (κ3) is 6.25. The number of hydrogen-bond donors (Lipinski definition) is 3. The molecule has 12 heteroatoms. The van der Waals surface area contributed by atoms with E-state index < -0.39 is 14.8 Å². The fourth-order valence-corrected chi connectivity index (χ4v) is 4.70. The lowest BCUT2D eigenvalue weighted by atomic mass is 9.86. The van der Waals surface area contributed by atoms with Gasteiger partial charge in [-0.25, -0.2) is 13.4 Å². The summed E-state index contributed by atoms with van der Waals surface area (Å²) in [5, 5.41) is 17.8. The Kier molecular flexibility index (Phi) is 7.29. The Balaban J connectivity index is 1.75. The summed E-state index contributed by atoms with van der Waals surface area (Å²) in [6, 6.07) is 4.71. The molecule has 1 aliphatic carbocycles. The standard InChI is InChI=1S/C19H25ClN6O4S/c1-31(29,30)17-7-4-14(20)8-13(17)10-23-19-24-11-16(26(27)28)18(25-19)22-9-12-2-5-15(21)6-3-12/h4,7-8,11-12,15H,2-3,5-6,9-10,21H2,1H3,(H2,22,23,24,25)/t12-,15-. The summed E-state index contributed by atoms with van der Waals surface area (Å²) in [6.07, 6.45) is 6.04. The van der Waals surface area contributed by atoms with Crippen LogP contribution < -0.4 is 16.4 Å². The molecule has 1 fully saturated rings. The monoisotopic (exact) mass is 468 g/mol. The minimum absolute atomic E-state index is 0.0841. The van der Waals surface area contributed by atoms with E-state index in [0.29, 0.717) is 23.0 Å². The van der Waals surface area contributed by atoms with Crippen LogP contribution in [0.4, 0.5) is 17.5 Å². The van der Waals surface area contributed by atoms with Gasteiger partial charge in [-0.2, -0.15) is 4.98 Å². The molecule has 1 aromatic heterocycles. The van der Waals surface area contributed by atoms with Crippen LogP contribution in [0.15, 0.2) is 29.3 Å². The van der Waals surface area contributed by atoms with Gasteiger partial charge in [0.15, 0.2) is 9.84 Å². The number of nitro groups is 1. The number of nitrogens with zero attached hydrogens (tertiary/aromatic N) is 3. The predicted octanol–water partition coefficient (Wildman–Crippen LogP) is 2.98. The molecular weight excluding hydrogens is 444 g/mol. The van der Waals surface area contributed by atoms with E-state index in [0.717, 1.165) is 38.1 Å². The number of aromatic nitrogens is 2. The largest absolute Gasteiger partial charge is 0.364 e. The Morgan fingerprint density at radius 3 is 2.61 bits per heavy atom. The van der Waals surface area contributed by atoms with Crippen LogP contribution in [0.25, 0.3) is 0 Å². The number of rotatable bonds is 8. The first-order valence-corrected chi connectivity index (χ1v) is 12.1. The molecule has 1 aromatic carbocycles. The highest BCUT2D eigenvalue weighted by Crippen LogP contribution is 2.27. The molecule has 0 aliphatic heterocycles. The van der Waals surface area contributed by atoms with Crippen molar-refractivity contribution in [1.29, 1.82) is 0 Å². The van der Waals surface area contributed by atoms with Gasteiger partial charge in [-0.1, -0.05) is 11.6 Å². The van der Waals surface area contributed by atoms with Crippen LogP contribution in [0.3, 0.4) is 0 Å². The molecule has 0 radical (unpaired) electrons. The van der Waals surface area contributed by atoms with Gasteiger partial charge in [0, 0.05) is 30.4 Å². The molecule has 168 valence electrons. The van der Waals surface area contributed by atoms with E-state index in [4.69, 9.17) is 17.3 Å². The molecule has 0 atom stereocenters. The third-order valence-corrected chi connectivity index (χ3v) is 6.71. The van der Waals surface area contributed by atoms with Gasteiger partial charge in [0.1, 0.15) is 6.20 Å². The van der Waals surface area contributed by atoms with E-state index in [9.17, 15) is 18.5 Å². The first kappa shape index (κ1) is 23.2. The lowest BCUT2D eigenvalue weighted by molar-refractivity contribution is -0.384. The zero-order chi connectivity index (χ0) is 22.6. The maximum Gasteiger partial charge on any atom is 0.329 e. The van der Waals surface area contributed by atoms with Gasteiger partial charge in [0.25, 0.3) is 0 Å². The molecule has 1 heterocycles. The number of hydrogen-bond acceptors (Lipinski definition) is 9. The summed E-state index contributed by atoms with van der Waals surface area (Å²) in [4.78, 5) is 19.2. The Labute approximate surface area is 185 Å². The van der Waals surface area contributed by atoms with Crippen molar-refractivity contribution in [1.82, 2.24) is 9.97 Å². The molecule has 10 nitrogen and oxygen atoms in total. The molecule has 1 aliphatic rings. The van der Waals surface area contributed by atoms with Crippen molar-refractivity contribution >= 4 is 38.9 Å². The second-order valence-electron chi connectivity index (χ2n) is 7.72. The van der Waals surface area contributed by atoms with E-state index in [1.165, 1.54) is 12.1 Å². The highest BCUT2D eigenvalue weighted by Gasteiger charge is 2.22. The van der Waals surface area contributed by atoms with Gasteiger partial charge in [-0.15, -0.1) is 0 Å². The normalized spacial score (nSPS) is 19.1. The van der Waals surface area contributed by atoms with E-state index in [1.807, 2.05) is 0 Å². The number of benzene rings is 1. The number of nitrogens with two attached hydrogens (primary N) is 1. The first-order chi connectivity index (χ1) is 14.6. The van der Waals surface area contributed by atoms with Gasteiger partial charge in [-0.3, -0.25) is 10.1 Å². The maximum absolute atomic E-state index is 12.0. The Hall–Kier alpha value is -2.50. The lowest BCUT2D eigenvalue weighted by Gasteiger charge is -2.26.